The van der Waals surface area contributed by atoms with Crippen LogP contribution in [0.1, 0.15) is 19.4 Å². The van der Waals surface area contributed by atoms with Crippen molar-refractivity contribution in [1.29, 1.82) is 0 Å². The van der Waals surface area contributed by atoms with Crippen LogP contribution >= 0.6 is 0 Å². The molecule has 1 aromatic rings. The van der Waals surface area contributed by atoms with Gasteiger partial charge in [-0.15, -0.1) is 0 Å². The number of anilines is 1. The molecule has 0 aliphatic heterocycles. The third kappa shape index (κ3) is 4.71. The Labute approximate surface area is 102 Å². The molecule has 0 aliphatic carbocycles. The molecular formula is C13H20FNO2. The highest BCUT2D eigenvalue weighted by Crippen LogP contribution is 2.15. The van der Waals surface area contributed by atoms with Gasteiger partial charge in [0.15, 0.2) is 6.29 Å². The van der Waals surface area contributed by atoms with Crippen LogP contribution in [0.2, 0.25) is 0 Å². The highest BCUT2D eigenvalue weighted by molar-refractivity contribution is 5.50. The molecule has 0 aliphatic rings. The van der Waals surface area contributed by atoms with Gasteiger partial charge in [-0.25, -0.2) is 4.39 Å². The zero-order valence-electron chi connectivity index (χ0n) is 10.6. The van der Waals surface area contributed by atoms with E-state index in [-0.39, 0.29) is 12.1 Å². The second-order valence-corrected chi connectivity index (χ2v) is 3.68. The summed E-state index contributed by atoms with van der Waals surface area (Å²) in [5.41, 5.74) is 1.77. The minimum atomic E-state index is -0.269. The standard InChI is InChI=1S/C13H20FNO2/c1-4-16-13(17-5-2)9-15-12-7-6-11(14)8-10(12)3/h6-8,13,15H,4-5,9H2,1-3H3. The predicted molar refractivity (Wildman–Crippen MR) is 66.7 cm³/mol. The van der Waals surface area contributed by atoms with Gasteiger partial charge in [0.2, 0.25) is 0 Å². The van der Waals surface area contributed by atoms with Crippen molar-refractivity contribution in [3.63, 3.8) is 0 Å². The Bertz CT molecular complexity index is 338. The average molecular weight is 241 g/mol. The molecule has 0 unspecified atom stereocenters. The smallest absolute Gasteiger partial charge is 0.174 e. The van der Waals surface area contributed by atoms with Crippen LogP contribution in [0.5, 0.6) is 0 Å². The van der Waals surface area contributed by atoms with Gasteiger partial charge in [-0.1, -0.05) is 0 Å². The molecule has 0 saturated carbocycles. The van der Waals surface area contributed by atoms with E-state index in [0.29, 0.717) is 19.8 Å². The number of aryl methyl sites for hydroxylation is 1. The molecule has 0 amide bonds. The zero-order valence-corrected chi connectivity index (χ0v) is 10.6. The monoisotopic (exact) mass is 241 g/mol. The Balaban J connectivity index is 2.52. The van der Waals surface area contributed by atoms with Crippen molar-refractivity contribution in [2.45, 2.75) is 27.1 Å². The maximum atomic E-state index is 12.9. The first-order chi connectivity index (χ1) is 8.17. The molecule has 0 heterocycles. The van der Waals surface area contributed by atoms with Crippen molar-refractivity contribution in [2.75, 3.05) is 25.1 Å². The fraction of sp³-hybridized carbons (Fsp3) is 0.538. The highest BCUT2D eigenvalue weighted by atomic mass is 19.1. The van der Waals surface area contributed by atoms with E-state index in [4.69, 9.17) is 9.47 Å². The summed E-state index contributed by atoms with van der Waals surface area (Å²) in [6, 6.07) is 4.66. The fourth-order valence-electron chi connectivity index (χ4n) is 1.56. The van der Waals surface area contributed by atoms with Gasteiger partial charge >= 0.3 is 0 Å². The Kier molecular flexibility index (Phi) is 5.94. The Hall–Kier alpha value is -1.13. The molecule has 0 radical (unpaired) electrons. The van der Waals surface area contributed by atoms with Gasteiger partial charge < -0.3 is 14.8 Å². The quantitative estimate of drug-likeness (QED) is 0.744. The van der Waals surface area contributed by atoms with Crippen molar-refractivity contribution in [1.82, 2.24) is 0 Å². The third-order valence-corrected chi connectivity index (χ3v) is 2.35. The Morgan fingerprint density at radius 1 is 1.24 bits per heavy atom. The SMILES string of the molecule is CCOC(CNc1ccc(F)cc1C)OCC. The third-order valence-electron chi connectivity index (χ3n) is 2.35. The van der Waals surface area contributed by atoms with Crippen molar-refractivity contribution in [2.24, 2.45) is 0 Å². The molecule has 0 atom stereocenters. The second kappa shape index (κ2) is 7.25. The maximum Gasteiger partial charge on any atom is 0.174 e. The number of hydrogen-bond donors (Lipinski definition) is 1. The number of nitrogens with one attached hydrogen (secondary N) is 1. The minimum Gasteiger partial charge on any atom is -0.380 e. The summed E-state index contributed by atoms with van der Waals surface area (Å²) in [6.45, 7) is 7.48. The van der Waals surface area contributed by atoms with E-state index in [1.54, 1.807) is 6.07 Å². The molecule has 1 rings (SSSR count). The van der Waals surface area contributed by atoms with Gasteiger partial charge in [0.1, 0.15) is 5.82 Å². The van der Waals surface area contributed by atoms with Crippen LogP contribution in [-0.2, 0) is 9.47 Å². The average Bonchev–Trinajstić information content (AvgIpc) is 2.28. The summed E-state index contributed by atoms with van der Waals surface area (Å²) in [5.74, 6) is -0.223. The van der Waals surface area contributed by atoms with Gasteiger partial charge in [-0.3, -0.25) is 0 Å². The maximum absolute atomic E-state index is 12.9. The van der Waals surface area contributed by atoms with Crippen LogP contribution in [0.25, 0.3) is 0 Å². The lowest BCUT2D eigenvalue weighted by molar-refractivity contribution is -0.126. The van der Waals surface area contributed by atoms with Gasteiger partial charge in [0, 0.05) is 18.9 Å². The Morgan fingerprint density at radius 3 is 2.41 bits per heavy atom. The van der Waals surface area contributed by atoms with E-state index in [2.05, 4.69) is 5.32 Å². The molecular weight excluding hydrogens is 221 g/mol. The van der Waals surface area contributed by atoms with Gasteiger partial charge in [-0.05, 0) is 44.5 Å². The summed E-state index contributed by atoms with van der Waals surface area (Å²) >= 11 is 0. The molecule has 1 N–H and O–H groups in total. The molecule has 0 saturated heterocycles. The molecule has 4 heteroatoms. The van der Waals surface area contributed by atoms with Crippen molar-refractivity contribution in [3.05, 3.63) is 29.6 Å². The zero-order chi connectivity index (χ0) is 12.7. The number of halogens is 1. The lowest BCUT2D eigenvalue weighted by atomic mass is 10.2. The first kappa shape index (κ1) is 13.9. The summed E-state index contributed by atoms with van der Waals surface area (Å²) in [7, 11) is 0. The van der Waals surface area contributed by atoms with E-state index >= 15 is 0 Å². The van der Waals surface area contributed by atoms with Crippen LogP contribution in [0.4, 0.5) is 10.1 Å². The van der Waals surface area contributed by atoms with Gasteiger partial charge in [0.25, 0.3) is 0 Å². The molecule has 17 heavy (non-hydrogen) atoms. The van der Waals surface area contributed by atoms with E-state index in [1.807, 2.05) is 20.8 Å². The van der Waals surface area contributed by atoms with Crippen LogP contribution in [-0.4, -0.2) is 26.0 Å². The summed E-state index contributed by atoms with van der Waals surface area (Å²) in [5, 5.41) is 3.19. The molecule has 96 valence electrons. The lowest BCUT2D eigenvalue weighted by Gasteiger charge is -2.18. The number of benzene rings is 1. The largest absolute Gasteiger partial charge is 0.380 e. The van der Waals surface area contributed by atoms with Crippen LogP contribution in [0.3, 0.4) is 0 Å². The summed E-state index contributed by atoms with van der Waals surface area (Å²) in [4.78, 5) is 0. The van der Waals surface area contributed by atoms with E-state index in [0.717, 1.165) is 11.3 Å². The Morgan fingerprint density at radius 2 is 1.88 bits per heavy atom. The first-order valence-electron chi connectivity index (χ1n) is 5.90. The lowest BCUT2D eigenvalue weighted by Crippen LogP contribution is -2.26. The number of hydrogen-bond acceptors (Lipinski definition) is 3. The fourth-order valence-corrected chi connectivity index (χ4v) is 1.56. The number of rotatable bonds is 7. The normalized spacial score (nSPS) is 10.9. The topological polar surface area (TPSA) is 30.5 Å². The van der Waals surface area contributed by atoms with Crippen LogP contribution in [0, 0.1) is 12.7 Å². The molecule has 0 spiro atoms. The van der Waals surface area contributed by atoms with Crippen LogP contribution in [0.15, 0.2) is 18.2 Å². The number of ether oxygens (including phenoxy) is 2. The summed E-state index contributed by atoms with van der Waals surface area (Å²) in [6.07, 6.45) is -0.269. The van der Waals surface area contributed by atoms with E-state index < -0.39 is 0 Å². The summed E-state index contributed by atoms with van der Waals surface area (Å²) < 4.78 is 23.7. The van der Waals surface area contributed by atoms with Crippen LogP contribution < -0.4 is 5.32 Å². The van der Waals surface area contributed by atoms with Crippen molar-refractivity contribution >= 4 is 5.69 Å². The first-order valence-corrected chi connectivity index (χ1v) is 5.90. The van der Waals surface area contributed by atoms with Crippen molar-refractivity contribution in [3.8, 4) is 0 Å². The highest BCUT2D eigenvalue weighted by Gasteiger charge is 2.08. The molecule has 0 fully saturated rings. The van der Waals surface area contributed by atoms with E-state index in [1.165, 1.54) is 12.1 Å². The predicted octanol–water partition coefficient (Wildman–Crippen LogP) is 2.95. The molecule has 3 nitrogen and oxygen atoms in total. The molecule has 0 bridgehead atoms. The molecule has 1 aromatic carbocycles. The minimum absolute atomic E-state index is 0.223. The van der Waals surface area contributed by atoms with Crippen molar-refractivity contribution < 1.29 is 13.9 Å². The van der Waals surface area contributed by atoms with Gasteiger partial charge in [-0.2, -0.15) is 0 Å². The van der Waals surface area contributed by atoms with Gasteiger partial charge in [0.05, 0.1) is 6.54 Å². The molecule has 0 aromatic heterocycles. The van der Waals surface area contributed by atoms with E-state index in [9.17, 15) is 4.39 Å². The second-order valence-electron chi connectivity index (χ2n) is 3.68.